The molecule has 0 spiro atoms. The molecule has 0 bridgehead atoms. The Hall–Kier alpha value is -3.25. The Balaban J connectivity index is 1.21. The van der Waals surface area contributed by atoms with E-state index >= 15 is 0 Å². The number of benzene rings is 2. The molecule has 12 heteroatoms. The van der Waals surface area contributed by atoms with Crippen molar-refractivity contribution < 1.29 is 21.6 Å². The van der Waals surface area contributed by atoms with Crippen LogP contribution < -0.4 is 10.2 Å². The van der Waals surface area contributed by atoms with Crippen LogP contribution >= 0.6 is 11.3 Å². The van der Waals surface area contributed by atoms with Crippen LogP contribution in [0.3, 0.4) is 0 Å². The number of nitrogens with one attached hydrogen (secondary N) is 1. The molecule has 3 heterocycles. The fourth-order valence-electron chi connectivity index (χ4n) is 3.88. The summed E-state index contributed by atoms with van der Waals surface area (Å²) in [6.45, 7) is 1.26. The van der Waals surface area contributed by atoms with E-state index in [2.05, 4.69) is 26.5 Å². The van der Waals surface area contributed by atoms with Crippen molar-refractivity contribution in [1.29, 1.82) is 0 Å². The average Bonchev–Trinajstić information content (AvgIpc) is 3.29. The number of hydrogen-bond donors (Lipinski definition) is 1. The first-order valence-electron chi connectivity index (χ1n) is 10.7. The van der Waals surface area contributed by atoms with Crippen molar-refractivity contribution in [2.75, 3.05) is 23.3 Å². The molecular weight excluding hydrogens is 499 g/mol. The smallest absolute Gasteiger partial charge is 0.382 e. The predicted octanol–water partition coefficient (Wildman–Crippen LogP) is 4.93. The highest BCUT2D eigenvalue weighted by molar-refractivity contribution is 7.92. The summed E-state index contributed by atoms with van der Waals surface area (Å²) in [5.41, 5.74) is -3.36. The molecule has 4 aromatic rings. The van der Waals surface area contributed by atoms with Gasteiger partial charge in [0.05, 0.1) is 20.7 Å². The molecule has 1 N–H and O–H groups in total. The van der Waals surface area contributed by atoms with Crippen LogP contribution in [0, 0.1) is 6.20 Å². The monoisotopic (exact) mass is 518 g/mol. The lowest BCUT2D eigenvalue weighted by Gasteiger charge is -2.32. The molecule has 0 aliphatic carbocycles. The lowest BCUT2D eigenvalue weighted by atomic mass is 10.0. The van der Waals surface area contributed by atoms with Gasteiger partial charge in [-0.1, -0.05) is 18.2 Å². The minimum atomic E-state index is -5.39. The number of sulfone groups is 1. The van der Waals surface area contributed by atoms with E-state index in [9.17, 15) is 21.6 Å². The van der Waals surface area contributed by atoms with Gasteiger partial charge in [0, 0.05) is 31.0 Å². The van der Waals surface area contributed by atoms with E-state index in [0.29, 0.717) is 37.6 Å². The van der Waals surface area contributed by atoms with Gasteiger partial charge in [0.1, 0.15) is 11.2 Å². The van der Waals surface area contributed by atoms with Crippen molar-refractivity contribution in [3.63, 3.8) is 0 Å². The molecule has 1 fully saturated rings. The molecule has 0 saturated carbocycles. The summed E-state index contributed by atoms with van der Waals surface area (Å²) < 4.78 is 63.0. The van der Waals surface area contributed by atoms with Crippen LogP contribution in [0.25, 0.3) is 20.8 Å². The van der Waals surface area contributed by atoms with Gasteiger partial charge < -0.3 is 10.2 Å². The third-order valence-corrected chi connectivity index (χ3v) is 8.26. The van der Waals surface area contributed by atoms with Crippen LogP contribution in [0.5, 0.6) is 0 Å². The Morgan fingerprint density at radius 1 is 1.09 bits per heavy atom. The zero-order valence-corrected chi connectivity index (χ0v) is 19.8. The number of hydrogen-bond acceptors (Lipinski definition) is 8. The van der Waals surface area contributed by atoms with Crippen LogP contribution in [0.4, 0.5) is 24.8 Å². The first kappa shape index (κ1) is 23.5. The molecule has 1 aliphatic heterocycles. The van der Waals surface area contributed by atoms with Crippen LogP contribution in [0.1, 0.15) is 12.8 Å². The Labute approximate surface area is 203 Å². The Morgan fingerprint density at radius 3 is 2.54 bits per heavy atom. The number of halogens is 3. The highest BCUT2D eigenvalue weighted by atomic mass is 32.2. The number of nitrogens with zero attached hydrogens (tertiary/aromatic N) is 4. The first-order chi connectivity index (χ1) is 16.7. The normalized spacial score (nSPS) is 15.5. The SMILES string of the molecule is O=S(=O)(c1cccc(NC2CCN(c3n[c]c(-c4nc5ccccc5s4)cn3)CC2)c1)C(F)(F)F. The molecule has 1 aliphatic rings. The minimum Gasteiger partial charge on any atom is -0.382 e. The topological polar surface area (TPSA) is 88.1 Å². The largest absolute Gasteiger partial charge is 0.501 e. The number of rotatable bonds is 5. The molecule has 181 valence electrons. The van der Waals surface area contributed by atoms with Gasteiger partial charge in [-0.3, -0.25) is 0 Å². The van der Waals surface area contributed by atoms with Crippen molar-refractivity contribution in [2.45, 2.75) is 29.3 Å². The standard InChI is InChI=1S/C23H19F3N5O2S2/c24-23(25,26)35(32,33)18-5-3-4-17(12-18)29-16-8-10-31(11-9-16)22-27-13-15(14-28-22)21-30-19-6-1-2-7-20(19)34-21/h1-7,12-13,16,29H,8-11H2. The minimum absolute atomic E-state index is 0.0268. The molecule has 0 unspecified atom stereocenters. The summed E-state index contributed by atoms with van der Waals surface area (Å²) >= 11 is 1.55. The second-order valence-electron chi connectivity index (χ2n) is 8.06. The third-order valence-electron chi connectivity index (χ3n) is 5.71. The summed E-state index contributed by atoms with van der Waals surface area (Å²) in [6.07, 6.45) is 6.09. The van der Waals surface area contributed by atoms with E-state index in [1.54, 1.807) is 23.6 Å². The third kappa shape index (κ3) is 4.80. The summed E-state index contributed by atoms with van der Waals surface area (Å²) in [7, 11) is -5.39. The lowest BCUT2D eigenvalue weighted by Crippen LogP contribution is -2.40. The van der Waals surface area contributed by atoms with Crippen molar-refractivity contribution >= 4 is 43.0 Å². The Kier molecular flexibility index (Phi) is 6.09. The molecule has 2 aromatic heterocycles. The molecular formula is C23H19F3N5O2S2. The van der Waals surface area contributed by atoms with Crippen molar-refractivity contribution in [3.05, 3.63) is 60.9 Å². The second kappa shape index (κ2) is 9.08. The van der Waals surface area contributed by atoms with Crippen LogP contribution in [-0.2, 0) is 9.84 Å². The average molecular weight is 519 g/mol. The van der Waals surface area contributed by atoms with E-state index in [-0.39, 0.29) is 6.04 Å². The summed E-state index contributed by atoms with van der Waals surface area (Å²) in [5.74, 6) is 0.548. The maximum absolute atomic E-state index is 12.9. The van der Waals surface area contributed by atoms with E-state index in [1.165, 1.54) is 6.07 Å². The Bertz CT molecular complexity index is 1420. The van der Waals surface area contributed by atoms with Gasteiger partial charge in [0.25, 0.3) is 9.84 Å². The lowest BCUT2D eigenvalue weighted by molar-refractivity contribution is -0.0435. The van der Waals surface area contributed by atoms with Gasteiger partial charge in [-0.15, -0.1) is 11.3 Å². The van der Waals surface area contributed by atoms with Gasteiger partial charge >= 0.3 is 5.51 Å². The van der Waals surface area contributed by atoms with Gasteiger partial charge in [-0.25, -0.2) is 23.4 Å². The molecule has 1 radical (unpaired) electrons. The zero-order chi connectivity index (χ0) is 24.6. The van der Waals surface area contributed by atoms with Crippen molar-refractivity contribution in [1.82, 2.24) is 15.0 Å². The molecule has 35 heavy (non-hydrogen) atoms. The van der Waals surface area contributed by atoms with Crippen LogP contribution in [0.15, 0.2) is 59.6 Å². The highest BCUT2D eigenvalue weighted by Crippen LogP contribution is 2.32. The highest BCUT2D eigenvalue weighted by Gasteiger charge is 2.46. The molecule has 0 amide bonds. The predicted molar refractivity (Wildman–Crippen MR) is 128 cm³/mol. The zero-order valence-electron chi connectivity index (χ0n) is 18.2. The Morgan fingerprint density at radius 2 is 1.86 bits per heavy atom. The maximum Gasteiger partial charge on any atom is 0.501 e. The van der Waals surface area contributed by atoms with E-state index in [0.717, 1.165) is 32.9 Å². The number of fused-ring (bicyclic) bond motifs is 1. The number of alkyl halides is 3. The molecule has 0 atom stereocenters. The van der Waals surface area contributed by atoms with E-state index in [4.69, 9.17) is 0 Å². The summed E-state index contributed by atoms with van der Waals surface area (Å²) in [4.78, 5) is 14.7. The molecule has 7 nitrogen and oxygen atoms in total. The fraction of sp³-hybridized carbons (Fsp3) is 0.261. The number of para-hydroxylation sites is 1. The number of piperidine rings is 1. The first-order valence-corrected chi connectivity index (χ1v) is 13.0. The van der Waals surface area contributed by atoms with Crippen molar-refractivity contribution in [2.24, 2.45) is 0 Å². The van der Waals surface area contributed by atoms with Crippen LogP contribution in [-0.4, -0.2) is 48.0 Å². The quantitative estimate of drug-likeness (QED) is 0.401. The van der Waals surface area contributed by atoms with Gasteiger partial charge in [0.15, 0.2) is 0 Å². The van der Waals surface area contributed by atoms with Gasteiger partial charge in [0.2, 0.25) is 5.95 Å². The van der Waals surface area contributed by atoms with Crippen molar-refractivity contribution in [3.8, 4) is 10.6 Å². The van der Waals surface area contributed by atoms with Gasteiger partial charge in [-0.2, -0.15) is 13.2 Å². The van der Waals surface area contributed by atoms with Gasteiger partial charge in [-0.05, 0) is 43.2 Å². The van der Waals surface area contributed by atoms with E-state index < -0.39 is 20.2 Å². The number of aromatic nitrogens is 3. The fourth-order valence-corrected chi connectivity index (χ4v) is 5.61. The molecule has 2 aromatic carbocycles. The number of thiazole rings is 1. The number of anilines is 2. The molecule has 1 saturated heterocycles. The van der Waals surface area contributed by atoms with Crippen LogP contribution in [0.2, 0.25) is 0 Å². The second-order valence-corrected chi connectivity index (χ2v) is 11.0. The summed E-state index contributed by atoms with van der Waals surface area (Å²) in [5, 5.41) is 3.95. The van der Waals surface area contributed by atoms with E-state index in [1.807, 2.05) is 29.2 Å². The molecule has 5 rings (SSSR count). The maximum atomic E-state index is 12.9. The summed E-state index contributed by atoms with van der Waals surface area (Å²) in [6, 6.07) is 12.7.